The van der Waals surface area contributed by atoms with Crippen molar-refractivity contribution in [2.75, 3.05) is 40.4 Å². The number of carbonyl (C=O) groups is 1. The second-order valence-electron chi connectivity index (χ2n) is 5.17. The van der Waals surface area contributed by atoms with Crippen molar-refractivity contribution in [2.45, 2.75) is 12.5 Å². The molecule has 0 aliphatic carbocycles. The number of amides is 1. The fourth-order valence-corrected chi connectivity index (χ4v) is 2.11. The molecule has 1 aliphatic rings. The summed E-state index contributed by atoms with van der Waals surface area (Å²) in [6.45, 7) is 2.58. The van der Waals surface area contributed by atoms with Crippen LogP contribution in [-0.2, 0) is 4.74 Å². The largest absolute Gasteiger partial charge is 0.471 e. The molecule has 1 atom stereocenters. The molecule has 0 spiro atoms. The highest BCUT2D eigenvalue weighted by Gasteiger charge is 2.19. The highest BCUT2D eigenvalue weighted by Crippen LogP contribution is 2.25. The first kappa shape index (κ1) is 16.0. The zero-order valence-electron chi connectivity index (χ0n) is 12.3. The molecule has 7 heteroatoms. The quantitative estimate of drug-likeness (QED) is 0.855. The van der Waals surface area contributed by atoms with Gasteiger partial charge in [0.15, 0.2) is 0 Å². The number of aromatic nitrogens is 1. The smallest absolute Gasteiger partial charge is 0.252 e. The summed E-state index contributed by atoms with van der Waals surface area (Å²) >= 11 is 6.12. The van der Waals surface area contributed by atoms with Crippen LogP contribution < -0.4 is 10.1 Å². The van der Waals surface area contributed by atoms with Crippen LogP contribution in [0.5, 0.6) is 5.88 Å². The van der Waals surface area contributed by atoms with E-state index in [1.165, 1.54) is 6.20 Å². The molecule has 1 aromatic heterocycles. The van der Waals surface area contributed by atoms with E-state index in [4.69, 9.17) is 21.1 Å². The molecular formula is C14H20ClN3O3. The lowest BCUT2D eigenvalue weighted by molar-refractivity contribution is 0.0950. The maximum atomic E-state index is 11.9. The van der Waals surface area contributed by atoms with Gasteiger partial charge in [-0.25, -0.2) is 4.98 Å². The second kappa shape index (κ2) is 7.59. The second-order valence-corrected chi connectivity index (χ2v) is 5.58. The van der Waals surface area contributed by atoms with Gasteiger partial charge in [-0.2, -0.15) is 0 Å². The Balaban J connectivity index is 1.92. The van der Waals surface area contributed by atoms with E-state index in [0.29, 0.717) is 36.2 Å². The van der Waals surface area contributed by atoms with Crippen LogP contribution >= 0.6 is 11.6 Å². The van der Waals surface area contributed by atoms with Crippen LogP contribution in [0.3, 0.4) is 0 Å². The fraction of sp³-hybridized carbons (Fsp3) is 0.571. The molecule has 1 amide bonds. The van der Waals surface area contributed by atoms with Crippen LogP contribution in [0.25, 0.3) is 0 Å². The molecule has 0 bridgehead atoms. The number of ether oxygens (including phenoxy) is 2. The monoisotopic (exact) mass is 313 g/mol. The van der Waals surface area contributed by atoms with Crippen molar-refractivity contribution < 1.29 is 14.3 Å². The SMILES string of the molecule is CN(C)CCNC(=O)c1cnc(OC2CCOC2)c(Cl)c1. The van der Waals surface area contributed by atoms with Gasteiger partial charge in [-0.05, 0) is 20.2 Å². The molecule has 116 valence electrons. The van der Waals surface area contributed by atoms with Gasteiger partial charge in [0.05, 0.1) is 18.8 Å². The first-order valence-corrected chi connectivity index (χ1v) is 7.27. The zero-order chi connectivity index (χ0) is 15.2. The summed E-state index contributed by atoms with van der Waals surface area (Å²) in [6, 6.07) is 1.57. The van der Waals surface area contributed by atoms with Crippen LogP contribution in [0.2, 0.25) is 5.02 Å². The van der Waals surface area contributed by atoms with E-state index in [1.54, 1.807) is 6.07 Å². The predicted molar refractivity (Wildman–Crippen MR) is 80.0 cm³/mol. The molecule has 1 fully saturated rings. The molecule has 1 saturated heterocycles. The molecule has 1 unspecified atom stereocenters. The van der Waals surface area contributed by atoms with E-state index in [0.717, 1.165) is 13.0 Å². The van der Waals surface area contributed by atoms with E-state index in [-0.39, 0.29) is 12.0 Å². The number of carbonyl (C=O) groups excluding carboxylic acids is 1. The summed E-state index contributed by atoms with van der Waals surface area (Å²) < 4.78 is 10.9. The predicted octanol–water partition coefficient (Wildman–Crippen LogP) is 1.19. The molecule has 2 heterocycles. The minimum Gasteiger partial charge on any atom is -0.471 e. The van der Waals surface area contributed by atoms with Crippen molar-refractivity contribution in [1.29, 1.82) is 0 Å². The van der Waals surface area contributed by atoms with E-state index < -0.39 is 0 Å². The number of rotatable bonds is 6. The topological polar surface area (TPSA) is 63.7 Å². The summed E-state index contributed by atoms with van der Waals surface area (Å²) in [5, 5.41) is 3.15. The fourth-order valence-electron chi connectivity index (χ4n) is 1.90. The number of likely N-dealkylation sites (N-methyl/N-ethyl adjacent to an activating group) is 1. The standard InChI is InChI=1S/C14H20ClN3O3/c1-18(2)5-4-16-13(19)10-7-12(15)14(17-8-10)21-11-3-6-20-9-11/h7-8,11H,3-6,9H2,1-2H3,(H,16,19). The lowest BCUT2D eigenvalue weighted by Gasteiger charge is -2.13. The Morgan fingerprint density at radius 1 is 1.62 bits per heavy atom. The van der Waals surface area contributed by atoms with Crippen molar-refractivity contribution in [3.05, 3.63) is 22.8 Å². The van der Waals surface area contributed by atoms with Gasteiger partial charge in [0.1, 0.15) is 11.1 Å². The van der Waals surface area contributed by atoms with Crippen molar-refractivity contribution in [2.24, 2.45) is 0 Å². The molecular weight excluding hydrogens is 294 g/mol. The maximum Gasteiger partial charge on any atom is 0.252 e. The van der Waals surface area contributed by atoms with Gasteiger partial charge < -0.3 is 19.7 Å². The minimum atomic E-state index is -0.193. The maximum absolute atomic E-state index is 11.9. The van der Waals surface area contributed by atoms with E-state index in [9.17, 15) is 4.79 Å². The number of halogens is 1. The van der Waals surface area contributed by atoms with Gasteiger partial charge in [-0.1, -0.05) is 11.6 Å². The van der Waals surface area contributed by atoms with Crippen LogP contribution in [0.15, 0.2) is 12.3 Å². The Morgan fingerprint density at radius 2 is 2.43 bits per heavy atom. The molecule has 1 N–H and O–H groups in total. The van der Waals surface area contributed by atoms with Gasteiger partial charge in [-0.15, -0.1) is 0 Å². The van der Waals surface area contributed by atoms with E-state index >= 15 is 0 Å². The Hall–Kier alpha value is -1.37. The van der Waals surface area contributed by atoms with Gasteiger partial charge in [0.2, 0.25) is 5.88 Å². The first-order valence-electron chi connectivity index (χ1n) is 6.89. The molecule has 21 heavy (non-hydrogen) atoms. The van der Waals surface area contributed by atoms with Crippen LogP contribution in [0.4, 0.5) is 0 Å². The Bertz CT molecular complexity index is 490. The molecule has 0 radical (unpaired) electrons. The highest BCUT2D eigenvalue weighted by atomic mass is 35.5. The molecule has 1 aliphatic heterocycles. The molecule has 2 rings (SSSR count). The minimum absolute atomic E-state index is 0.0187. The number of pyridine rings is 1. The summed E-state index contributed by atoms with van der Waals surface area (Å²) in [5.74, 6) is 0.152. The Kier molecular flexibility index (Phi) is 5.78. The number of hydrogen-bond donors (Lipinski definition) is 1. The third-order valence-electron chi connectivity index (χ3n) is 3.08. The number of nitrogens with zero attached hydrogens (tertiary/aromatic N) is 2. The first-order chi connectivity index (χ1) is 10.1. The average Bonchev–Trinajstić information content (AvgIpc) is 2.93. The van der Waals surface area contributed by atoms with Crippen LogP contribution in [0.1, 0.15) is 16.8 Å². The van der Waals surface area contributed by atoms with Crippen molar-refractivity contribution in [3.8, 4) is 5.88 Å². The Morgan fingerprint density at radius 3 is 3.05 bits per heavy atom. The number of hydrogen-bond acceptors (Lipinski definition) is 5. The van der Waals surface area contributed by atoms with Gasteiger partial charge in [-0.3, -0.25) is 4.79 Å². The zero-order valence-corrected chi connectivity index (χ0v) is 13.0. The summed E-state index contributed by atoms with van der Waals surface area (Å²) in [7, 11) is 3.90. The van der Waals surface area contributed by atoms with Crippen molar-refractivity contribution in [1.82, 2.24) is 15.2 Å². The molecule has 1 aromatic rings. The normalized spacial score (nSPS) is 18.0. The van der Waals surface area contributed by atoms with Gasteiger partial charge in [0, 0.05) is 25.7 Å². The highest BCUT2D eigenvalue weighted by molar-refractivity contribution is 6.32. The molecule has 0 saturated carbocycles. The summed E-state index contributed by atoms with van der Waals surface area (Å²) in [6.07, 6.45) is 2.28. The van der Waals surface area contributed by atoms with Crippen molar-refractivity contribution >= 4 is 17.5 Å². The third-order valence-corrected chi connectivity index (χ3v) is 3.35. The van der Waals surface area contributed by atoms with Gasteiger partial charge >= 0.3 is 0 Å². The van der Waals surface area contributed by atoms with Crippen LogP contribution in [-0.4, -0.2) is 62.3 Å². The van der Waals surface area contributed by atoms with Gasteiger partial charge in [0.25, 0.3) is 5.91 Å². The van der Waals surface area contributed by atoms with E-state index in [2.05, 4.69) is 10.3 Å². The van der Waals surface area contributed by atoms with E-state index in [1.807, 2.05) is 19.0 Å². The molecule has 0 aromatic carbocycles. The summed E-state index contributed by atoms with van der Waals surface area (Å²) in [4.78, 5) is 18.1. The number of nitrogens with one attached hydrogen (secondary N) is 1. The average molecular weight is 314 g/mol. The summed E-state index contributed by atoms with van der Waals surface area (Å²) in [5.41, 5.74) is 0.425. The third kappa shape index (κ3) is 4.84. The van der Waals surface area contributed by atoms with Crippen molar-refractivity contribution in [3.63, 3.8) is 0 Å². The molecule has 6 nitrogen and oxygen atoms in total. The lowest BCUT2D eigenvalue weighted by atomic mass is 10.2. The Labute approximate surface area is 129 Å². The van der Waals surface area contributed by atoms with Crippen LogP contribution in [0, 0.1) is 0 Å². The lowest BCUT2D eigenvalue weighted by Crippen LogP contribution is -2.31.